The van der Waals surface area contributed by atoms with Crippen molar-refractivity contribution in [3.63, 3.8) is 0 Å². The summed E-state index contributed by atoms with van der Waals surface area (Å²) in [5.74, 6) is -0.205. The van der Waals surface area contributed by atoms with E-state index in [0.717, 1.165) is 49.0 Å². The molecule has 26 heavy (non-hydrogen) atoms. The summed E-state index contributed by atoms with van der Waals surface area (Å²) < 4.78 is 1.50. The molecule has 0 unspecified atom stereocenters. The summed E-state index contributed by atoms with van der Waals surface area (Å²) in [6.07, 6.45) is 7.85. The quantitative estimate of drug-likeness (QED) is 0.598. The first-order chi connectivity index (χ1) is 12.6. The molecule has 1 aromatic carbocycles. The molecule has 1 heterocycles. The molecule has 0 radical (unpaired) electrons. The number of carbonyl (C=O) groups is 1. The number of carbonyl (C=O) groups excluding carboxylic acids is 1. The van der Waals surface area contributed by atoms with E-state index in [1.165, 1.54) is 28.3 Å². The second kappa shape index (κ2) is 8.54. The number of aromatic nitrogens is 2. The fourth-order valence-electron chi connectivity index (χ4n) is 3.28. The fraction of sp³-hybridized carbons (Fsp3) is 0.450. The Morgan fingerprint density at radius 3 is 2.73 bits per heavy atom. The lowest BCUT2D eigenvalue weighted by molar-refractivity contribution is -0.116. The molecule has 3 rings (SSSR count). The number of thioether (sulfide) groups is 1. The van der Waals surface area contributed by atoms with E-state index < -0.39 is 0 Å². The van der Waals surface area contributed by atoms with E-state index in [-0.39, 0.29) is 18.0 Å². The van der Waals surface area contributed by atoms with Crippen LogP contribution in [0.3, 0.4) is 0 Å². The highest BCUT2D eigenvalue weighted by molar-refractivity contribution is 7.98. The summed E-state index contributed by atoms with van der Waals surface area (Å²) >= 11 is 1.41. The van der Waals surface area contributed by atoms with E-state index in [0.29, 0.717) is 5.16 Å². The van der Waals surface area contributed by atoms with Gasteiger partial charge in [0.15, 0.2) is 5.16 Å². The molecule has 5 nitrogen and oxygen atoms in total. The van der Waals surface area contributed by atoms with Gasteiger partial charge in [-0.1, -0.05) is 37.2 Å². The minimum Gasteiger partial charge on any atom is -0.325 e. The third-order valence-corrected chi connectivity index (χ3v) is 5.37. The smallest absolute Gasteiger partial charge is 0.258 e. The van der Waals surface area contributed by atoms with Gasteiger partial charge < -0.3 is 5.32 Å². The molecule has 0 saturated heterocycles. The number of nitrogens with one attached hydrogen (secondary N) is 1. The zero-order chi connectivity index (χ0) is 18.5. The van der Waals surface area contributed by atoms with Crippen LogP contribution in [0.25, 0.3) is 0 Å². The Balaban J connectivity index is 1.71. The van der Waals surface area contributed by atoms with Crippen LogP contribution in [-0.4, -0.2) is 21.7 Å². The van der Waals surface area contributed by atoms with Gasteiger partial charge in [-0.05, 0) is 56.1 Å². The molecule has 1 amide bonds. The van der Waals surface area contributed by atoms with Crippen molar-refractivity contribution in [2.75, 3.05) is 11.6 Å². The van der Waals surface area contributed by atoms with Crippen molar-refractivity contribution in [3.8, 4) is 0 Å². The van der Waals surface area contributed by atoms with Crippen molar-refractivity contribution in [2.45, 2.75) is 57.1 Å². The van der Waals surface area contributed by atoms with Gasteiger partial charge in [-0.15, -0.1) is 0 Å². The van der Waals surface area contributed by atoms with E-state index in [9.17, 15) is 9.59 Å². The molecule has 1 aromatic heterocycles. The van der Waals surface area contributed by atoms with Crippen LogP contribution >= 0.6 is 11.8 Å². The average Bonchev–Trinajstić information content (AvgIpc) is 3.12. The van der Waals surface area contributed by atoms with Gasteiger partial charge in [-0.3, -0.25) is 14.2 Å². The monoisotopic (exact) mass is 371 g/mol. The summed E-state index contributed by atoms with van der Waals surface area (Å²) in [6.45, 7) is 2.17. The number of anilines is 1. The predicted octanol–water partition coefficient (Wildman–Crippen LogP) is 3.44. The van der Waals surface area contributed by atoms with Gasteiger partial charge >= 0.3 is 0 Å². The molecule has 0 aliphatic heterocycles. The van der Waals surface area contributed by atoms with Crippen molar-refractivity contribution in [2.24, 2.45) is 0 Å². The molecule has 6 heteroatoms. The van der Waals surface area contributed by atoms with Crippen molar-refractivity contribution < 1.29 is 4.79 Å². The molecular formula is C20H25N3O2S. The van der Waals surface area contributed by atoms with E-state index >= 15 is 0 Å². The number of nitrogens with zero attached hydrogens (tertiary/aromatic N) is 2. The normalized spacial score (nSPS) is 12.8. The minimum atomic E-state index is -0.205. The first-order valence-corrected chi connectivity index (χ1v) is 10.4. The average molecular weight is 372 g/mol. The van der Waals surface area contributed by atoms with Crippen LogP contribution in [0.5, 0.6) is 0 Å². The molecule has 0 atom stereocenters. The predicted molar refractivity (Wildman–Crippen MR) is 106 cm³/mol. The molecule has 138 valence electrons. The molecule has 0 fully saturated rings. The molecule has 0 bridgehead atoms. The van der Waals surface area contributed by atoms with Crippen molar-refractivity contribution >= 4 is 23.4 Å². The molecule has 0 saturated carbocycles. The number of fused-ring (bicyclic) bond motifs is 1. The lowest BCUT2D eigenvalue weighted by atomic mass is 10.1. The zero-order valence-electron chi connectivity index (χ0n) is 15.4. The lowest BCUT2D eigenvalue weighted by Crippen LogP contribution is -2.31. The Labute approximate surface area is 158 Å². The number of hydrogen-bond acceptors (Lipinski definition) is 4. The number of unbranched alkanes of at least 4 members (excludes halogenated alkanes) is 1. The largest absolute Gasteiger partial charge is 0.325 e. The second-order valence-corrected chi connectivity index (χ2v) is 7.39. The summed E-state index contributed by atoms with van der Waals surface area (Å²) in [5, 5.41) is 3.50. The highest BCUT2D eigenvalue weighted by atomic mass is 32.2. The van der Waals surface area contributed by atoms with E-state index in [1.807, 2.05) is 30.5 Å². The first-order valence-electron chi connectivity index (χ1n) is 9.17. The molecule has 1 aliphatic rings. The van der Waals surface area contributed by atoms with Crippen LogP contribution in [-0.2, 0) is 30.6 Å². The number of aryl methyl sites for hydroxylation is 2. The third kappa shape index (κ3) is 4.18. The van der Waals surface area contributed by atoms with Crippen LogP contribution in [0.4, 0.5) is 5.69 Å². The van der Waals surface area contributed by atoms with Gasteiger partial charge in [-0.25, -0.2) is 4.98 Å². The van der Waals surface area contributed by atoms with Crippen molar-refractivity contribution in [1.82, 2.24) is 9.55 Å². The van der Waals surface area contributed by atoms with E-state index in [2.05, 4.69) is 17.2 Å². The lowest BCUT2D eigenvalue weighted by Gasteiger charge is -2.13. The Hall–Kier alpha value is -2.08. The van der Waals surface area contributed by atoms with Crippen molar-refractivity contribution in [3.05, 3.63) is 51.4 Å². The standard InChI is InChI=1S/C20H25N3O2S/c1-3-4-6-14-9-11-15(12-10-14)21-18(24)13-23-19(25)16-7-5-8-17(16)22-20(23)26-2/h9-12H,3-8,13H2,1-2H3,(H,21,24). The Kier molecular flexibility index (Phi) is 6.14. The Bertz CT molecular complexity index is 843. The third-order valence-electron chi connectivity index (χ3n) is 4.69. The highest BCUT2D eigenvalue weighted by Crippen LogP contribution is 2.20. The summed E-state index contributed by atoms with van der Waals surface area (Å²) in [7, 11) is 0. The molecule has 2 aromatic rings. The van der Waals surface area contributed by atoms with Gasteiger partial charge in [0.05, 0.1) is 5.69 Å². The molecule has 0 spiro atoms. The maximum atomic E-state index is 12.7. The first kappa shape index (κ1) is 18.7. The van der Waals surface area contributed by atoms with Gasteiger partial charge in [0, 0.05) is 11.3 Å². The van der Waals surface area contributed by atoms with Crippen LogP contribution in [0, 0.1) is 0 Å². The van der Waals surface area contributed by atoms with Gasteiger partial charge in [0.25, 0.3) is 5.56 Å². The Morgan fingerprint density at radius 1 is 1.27 bits per heavy atom. The summed E-state index contributed by atoms with van der Waals surface area (Å²) in [6, 6.07) is 7.92. The number of hydrogen-bond donors (Lipinski definition) is 1. The van der Waals surface area contributed by atoms with Crippen LogP contribution in [0.1, 0.15) is 43.0 Å². The minimum absolute atomic E-state index is 0.00707. The van der Waals surface area contributed by atoms with Gasteiger partial charge in [0.1, 0.15) is 6.54 Å². The van der Waals surface area contributed by atoms with Crippen LogP contribution in [0.2, 0.25) is 0 Å². The van der Waals surface area contributed by atoms with Crippen LogP contribution < -0.4 is 10.9 Å². The number of amides is 1. The molecular weight excluding hydrogens is 346 g/mol. The number of rotatable bonds is 7. The van der Waals surface area contributed by atoms with Gasteiger partial charge in [0.2, 0.25) is 5.91 Å². The van der Waals surface area contributed by atoms with Crippen LogP contribution in [0.15, 0.2) is 34.2 Å². The topological polar surface area (TPSA) is 64.0 Å². The molecule has 1 aliphatic carbocycles. The van der Waals surface area contributed by atoms with E-state index in [1.54, 1.807) is 0 Å². The highest BCUT2D eigenvalue weighted by Gasteiger charge is 2.21. The summed E-state index contributed by atoms with van der Waals surface area (Å²) in [5.41, 5.74) is 3.63. The van der Waals surface area contributed by atoms with Gasteiger partial charge in [-0.2, -0.15) is 0 Å². The number of benzene rings is 1. The zero-order valence-corrected chi connectivity index (χ0v) is 16.2. The maximum Gasteiger partial charge on any atom is 0.258 e. The second-order valence-electron chi connectivity index (χ2n) is 6.62. The van der Waals surface area contributed by atoms with E-state index in [4.69, 9.17) is 0 Å². The summed E-state index contributed by atoms with van der Waals surface area (Å²) in [4.78, 5) is 29.7. The SMILES string of the molecule is CCCCc1ccc(NC(=O)Cn2c(SC)nc3c(c2=O)CCC3)cc1. The fourth-order valence-corrected chi connectivity index (χ4v) is 3.85. The molecule has 1 N–H and O–H groups in total. The van der Waals surface area contributed by atoms with Crippen molar-refractivity contribution in [1.29, 1.82) is 0 Å². The Morgan fingerprint density at radius 2 is 2.04 bits per heavy atom. The maximum absolute atomic E-state index is 12.7.